The zero-order valence-corrected chi connectivity index (χ0v) is 18.6. The van der Waals surface area contributed by atoms with Crippen molar-refractivity contribution >= 4 is 29.2 Å². The number of esters is 1. The van der Waals surface area contributed by atoms with Crippen LogP contribution < -0.4 is 10.6 Å². The molecule has 0 saturated heterocycles. The van der Waals surface area contributed by atoms with Gasteiger partial charge >= 0.3 is 5.97 Å². The zero-order valence-electron chi connectivity index (χ0n) is 17.8. The maximum absolute atomic E-state index is 13.2. The highest BCUT2D eigenvalue weighted by Gasteiger charge is 2.43. The summed E-state index contributed by atoms with van der Waals surface area (Å²) in [7, 11) is 0. The second-order valence-electron chi connectivity index (χ2n) is 7.53. The monoisotopic (exact) mass is 434 g/mol. The van der Waals surface area contributed by atoms with E-state index in [1.54, 1.807) is 18.7 Å². The number of carbonyl (C=O) groups excluding carboxylic acids is 2. The lowest BCUT2D eigenvalue weighted by molar-refractivity contribution is -0.138. The summed E-state index contributed by atoms with van der Waals surface area (Å²) in [5, 5.41) is 0. The Morgan fingerprint density at radius 1 is 1.13 bits per heavy atom. The quantitative estimate of drug-likeness (QED) is 0.541. The van der Waals surface area contributed by atoms with Crippen molar-refractivity contribution in [2.24, 2.45) is 5.73 Å². The number of para-hydroxylation sites is 1. The molecule has 0 aromatic heterocycles. The highest BCUT2D eigenvalue weighted by molar-refractivity contribution is 7.98. The molecule has 160 valence electrons. The van der Waals surface area contributed by atoms with E-state index >= 15 is 0 Å². The van der Waals surface area contributed by atoms with Gasteiger partial charge in [0.15, 0.2) is 5.78 Å². The summed E-state index contributed by atoms with van der Waals surface area (Å²) in [5.74, 6) is -0.616. The van der Waals surface area contributed by atoms with Gasteiger partial charge in [0.05, 0.1) is 18.1 Å². The van der Waals surface area contributed by atoms with Crippen LogP contribution in [0, 0.1) is 0 Å². The van der Waals surface area contributed by atoms with Crippen molar-refractivity contribution in [3.8, 4) is 0 Å². The van der Waals surface area contributed by atoms with Gasteiger partial charge in [-0.05, 0) is 55.9 Å². The Bertz CT molecular complexity index is 1060. The Morgan fingerprint density at radius 2 is 1.84 bits per heavy atom. The standard InChI is InChI=1S/C25H26N2O3S/c1-3-30-25(29)23-21(16-12-14-18(31-2)15-13-16)22-19(10-7-11-20(22)28)27(24(23)26)17-8-5-4-6-9-17/h4-6,8-9,12-15,21H,3,7,10-11,26H2,1-2H3. The van der Waals surface area contributed by atoms with E-state index in [2.05, 4.69) is 0 Å². The van der Waals surface area contributed by atoms with Crippen molar-refractivity contribution in [3.05, 3.63) is 82.8 Å². The Kier molecular flexibility index (Phi) is 6.18. The van der Waals surface area contributed by atoms with Gasteiger partial charge in [0, 0.05) is 28.3 Å². The number of rotatable bonds is 5. The molecule has 0 fully saturated rings. The molecule has 0 spiro atoms. The minimum atomic E-state index is -0.530. The normalized spacial score (nSPS) is 18.8. The third kappa shape index (κ3) is 3.88. The van der Waals surface area contributed by atoms with E-state index in [0.29, 0.717) is 23.4 Å². The Hall–Kier alpha value is -2.99. The SMILES string of the molecule is CCOC(=O)C1=C(N)N(c2ccccc2)C2=C(C(=O)CCC2)C1c1ccc(SC)cc1. The van der Waals surface area contributed by atoms with Crippen LogP contribution in [0.4, 0.5) is 5.69 Å². The number of allylic oxidation sites excluding steroid dienone is 2. The first-order valence-electron chi connectivity index (χ1n) is 10.5. The van der Waals surface area contributed by atoms with Crippen LogP contribution in [0.2, 0.25) is 0 Å². The number of nitrogens with zero attached hydrogens (tertiary/aromatic N) is 1. The number of ether oxygens (including phenoxy) is 1. The number of hydrogen-bond donors (Lipinski definition) is 1. The van der Waals surface area contributed by atoms with E-state index in [-0.39, 0.29) is 12.4 Å². The molecular weight excluding hydrogens is 408 g/mol. The molecule has 1 unspecified atom stereocenters. The van der Waals surface area contributed by atoms with Gasteiger partial charge in [-0.15, -0.1) is 11.8 Å². The third-order valence-corrected chi connectivity index (χ3v) is 6.50. The minimum Gasteiger partial charge on any atom is -0.463 e. The third-order valence-electron chi connectivity index (χ3n) is 5.75. The van der Waals surface area contributed by atoms with E-state index in [1.165, 1.54) is 0 Å². The predicted octanol–water partition coefficient (Wildman–Crippen LogP) is 4.75. The molecule has 2 aromatic carbocycles. The van der Waals surface area contributed by atoms with Crippen molar-refractivity contribution in [1.82, 2.24) is 0 Å². The molecule has 2 aromatic rings. The molecule has 1 aliphatic heterocycles. The van der Waals surface area contributed by atoms with Crippen LogP contribution in [-0.4, -0.2) is 24.6 Å². The number of ketones is 1. The number of anilines is 1. The summed E-state index contributed by atoms with van der Waals surface area (Å²) < 4.78 is 5.41. The summed E-state index contributed by atoms with van der Waals surface area (Å²) in [6.45, 7) is 2.00. The number of benzene rings is 2. The van der Waals surface area contributed by atoms with Crippen LogP contribution in [0.25, 0.3) is 0 Å². The molecular formula is C25H26N2O3S. The number of nitrogens with two attached hydrogens (primary N) is 1. The van der Waals surface area contributed by atoms with Gasteiger partial charge < -0.3 is 10.5 Å². The van der Waals surface area contributed by atoms with Crippen molar-refractivity contribution in [1.29, 1.82) is 0 Å². The Morgan fingerprint density at radius 3 is 2.48 bits per heavy atom. The molecule has 2 aliphatic rings. The average Bonchev–Trinajstić information content (AvgIpc) is 2.79. The van der Waals surface area contributed by atoms with Crippen molar-refractivity contribution in [2.45, 2.75) is 37.0 Å². The molecule has 0 radical (unpaired) electrons. The second kappa shape index (κ2) is 9.02. The molecule has 0 saturated carbocycles. The first kappa shape index (κ1) is 21.2. The van der Waals surface area contributed by atoms with E-state index in [1.807, 2.05) is 65.8 Å². The first-order valence-corrected chi connectivity index (χ1v) is 11.7. The van der Waals surface area contributed by atoms with Crippen LogP contribution in [-0.2, 0) is 14.3 Å². The fourth-order valence-corrected chi connectivity index (χ4v) is 4.81. The van der Waals surface area contributed by atoms with Crippen LogP contribution in [0.15, 0.2) is 82.2 Å². The van der Waals surface area contributed by atoms with Gasteiger partial charge in [-0.1, -0.05) is 30.3 Å². The van der Waals surface area contributed by atoms with E-state index in [9.17, 15) is 9.59 Å². The highest BCUT2D eigenvalue weighted by Crippen LogP contribution is 2.46. The fourth-order valence-electron chi connectivity index (χ4n) is 4.40. The smallest absolute Gasteiger partial charge is 0.338 e. The second-order valence-corrected chi connectivity index (χ2v) is 8.41. The maximum atomic E-state index is 13.2. The lowest BCUT2D eigenvalue weighted by Crippen LogP contribution is -2.41. The van der Waals surface area contributed by atoms with Crippen LogP contribution in [0.1, 0.15) is 37.7 Å². The molecule has 4 rings (SSSR count). The molecule has 5 nitrogen and oxygen atoms in total. The summed E-state index contributed by atoms with van der Waals surface area (Å²) in [6.07, 6.45) is 3.98. The molecule has 0 amide bonds. The van der Waals surface area contributed by atoms with Crippen molar-refractivity contribution in [2.75, 3.05) is 17.8 Å². The van der Waals surface area contributed by atoms with Gasteiger partial charge in [0.2, 0.25) is 0 Å². The minimum absolute atomic E-state index is 0.0652. The van der Waals surface area contributed by atoms with Gasteiger partial charge in [-0.2, -0.15) is 0 Å². The van der Waals surface area contributed by atoms with Gasteiger partial charge in [-0.25, -0.2) is 4.79 Å². The molecule has 1 atom stereocenters. The number of thioether (sulfide) groups is 1. The molecule has 1 heterocycles. The Balaban J connectivity index is 1.96. The molecule has 1 aliphatic carbocycles. The van der Waals surface area contributed by atoms with Crippen molar-refractivity contribution in [3.63, 3.8) is 0 Å². The summed E-state index contributed by atoms with van der Waals surface area (Å²) >= 11 is 1.65. The fraction of sp³-hybridized carbons (Fsp3) is 0.280. The van der Waals surface area contributed by atoms with Crippen LogP contribution >= 0.6 is 11.8 Å². The zero-order chi connectivity index (χ0) is 22.0. The number of carbonyl (C=O) groups is 2. The van der Waals surface area contributed by atoms with Gasteiger partial charge in [0.1, 0.15) is 5.82 Å². The number of hydrogen-bond acceptors (Lipinski definition) is 6. The average molecular weight is 435 g/mol. The lowest BCUT2D eigenvalue weighted by atomic mass is 9.75. The summed E-state index contributed by atoms with van der Waals surface area (Å²) in [6, 6.07) is 17.6. The van der Waals surface area contributed by atoms with Gasteiger partial charge in [-0.3, -0.25) is 9.69 Å². The maximum Gasteiger partial charge on any atom is 0.338 e. The summed E-state index contributed by atoms with van der Waals surface area (Å²) in [5.41, 5.74) is 10.3. The topological polar surface area (TPSA) is 72.6 Å². The molecule has 6 heteroatoms. The van der Waals surface area contributed by atoms with E-state index < -0.39 is 11.9 Å². The molecule has 31 heavy (non-hydrogen) atoms. The van der Waals surface area contributed by atoms with Crippen LogP contribution in [0.5, 0.6) is 0 Å². The van der Waals surface area contributed by atoms with Gasteiger partial charge in [0.25, 0.3) is 0 Å². The lowest BCUT2D eigenvalue weighted by Gasteiger charge is -2.40. The predicted molar refractivity (Wildman–Crippen MR) is 124 cm³/mol. The van der Waals surface area contributed by atoms with Crippen molar-refractivity contribution < 1.29 is 14.3 Å². The van der Waals surface area contributed by atoms with E-state index in [4.69, 9.17) is 10.5 Å². The summed E-state index contributed by atoms with van der Waals surface area (Å²) in [4.78, 5) is 29.4. The van der Waals surface area contributed by atoms with E-state index in [0.717, 1.165) is 34.7 Å². The molecule has 2 N–H and O–H groups in total. The number of Topliss-reactive ketones (excluding diaryl/α,β-unsaturated/α-hetero) is 1. The highest BCUT2D eigenvalue weighted by atomic mass is 32.2. The first-order chi connectivity index (χ1) is 15.1. The Labute approximate surface area is 187 Å². The molecule has 0 bridgehead atoms. The largest absolute Gasteiger partial charge is 0.463 e. The van der Waals surface area contributed by atoms with Crippen LogP contribution in [0.3, 0.4) is 0 Å².